The predicted molar refractivity (Wildman–Crippen MR) is 107 cm³/mol. The van der Waals surface area contributed by atoms with Gasteiger partial charge >= 0.3 is 11.7 Å². The van der Waals surface area contributed by atoms with Gasteiger partial charge in [-0.1, -0.05) is 0 Å². The van der Waals surface area contributed by atoms with E-state index in [1.54, 1.807) is 14.1 Å². The minimum atomic E-state index is -4.47. The van der Waals surface area contributed by atoms with E-state index < -0.39 is 37.2 Å². The highest BCUT2D eigenvalue weighted by Crippen LogP contribution is 2.40. The second-order valence-electron chi connectivity index (χ2n) is 6.01. The SMILES string of the molecule is COC(=O)c1cc([N+](=O)[O-])c(Oc2ccc(OC)cc2)c(S(=O)(=O)N=CN(C)C)c1. The summed E-state index contributed by atoms with van der Waals surface area (Å²) in [6.07, 6.45) is 1.00. The maximum atomic E-state index is 12.8. The van der Waals surface area contributed by atoms with Gasteiger partial charge in [-0.2, -0.15) is 8.42 Å². The summed E-state index contributed by atoms with van der Waals surface area (Å²) in [5.74, 6) is -0.935. The number of rotatable bonds is 8. The number of sulfonamides is 1. The molecule has 0 aliphatic carbocycles. The molecule has 11 nitrogen and oxygen atoms in total. The minimum absolute atomic E-state index is 0.109. The first-order chi connectivity index (χ1) is 14.1. The predicted octanol–water partition coefficient (Wildman–Crippen LogP) is 2.46. The first-order valence-electron chi connectivity index (χ1n) is 8.28. The summed E-state index contributed by atoms with van der Waals surface area (Å²) >= 11 is 0. The molecule has 0 N–H and O–H groups in total. The summed E-state index contributed by atoms with van der Waals surface area (Å²) in [5.41, 5.74) is -1.09. The Morgan fingerprint density at radius 2 is 1.73 bits per heavy atom. The zero-order valence-corrected chi connectivity index (χ0v) is 17.4. The summed E-state index contributed by atoms with van der Waals surface area (Å²) in [4.78, 5) is 23.4. The fourth-order valence-corrected chi connectivity index (χ4v) is 3.31. The molecule has 0 spiro atoms. The lowest BCUT2D eigenvalue weighted by Gasteiger charge is -2.13. The third-order valence-corrected chi connectivity index (χ3v) is 4.86. The van der Waals surface area contributed by atoms with Crippen molar-refractivity contribution in [1.82, 2.24) is 4.90 Å². The lowest BCUT2D eigenvalue weighted by molar-refractivity contribution is -0.385. The molecule has 0 saturated heterocycles. The molecule has 0 heterocycles. The highest BCUT2D eigenvalue weighted by molar-refractivity contribution is 7.90. The summed E-state index contributed by atoms with van der Waals surface area (Å²) in [6.45, 7) is 0. The Morgan fingerprint density at radius 1 is 1.13 bits per heavy atom. The number of carbonyl (C=O) groups excluding carboxylic acids is 1. The molecule has 2 aromatic rings. The Morgan fingerprint density at radius 3 is 2.23 bits per heavy atom. The fourth-order valence-electron chi connectivity index (χ4n) is 2.23. The molecule has 12 heteroatoms. The van der Waals surface area contributed by atoms with Crippen LogP contribution in [0, 0.1) is 10.1 Å². The number of esters is 1. The van der Waals surface area contributed by atoms with Gasteiger partial charge in [0, 0.05) is 20.2 Å². The van der Waals surface area contributed by atoms with Crippen LogP contribution in [-0.4, -0.2) is 58.9 Å². The number of nitrogens with zero attached hydrogens (tertiary/aromatic N) is 3. The number of carbonyl (C=O) groups is 1. The van der Waals surface area contributed by atoms with E-state index in [-0.39, 0.29) is 11.3 Å². The van der Waals surface area contributed by atoms with Gasteiger partial charge in [-0.05, 0) is 30.3 Å². The van der Waals surface area contributed by atoms with Gasteiger partial charge < -0.3 is 19.1 Å². The smallest absolute Gasteiger partial charge is 0.338 e. The summed E-state index contributed by atoms with van der Waals surface area (Å²) in [6, 6.07) is 7.73. The average Bonchev–Trinajstić information content (AvgIpc) is 2.72. The third kappa shape index (κ3) is 5.23. The van der Waals surface area contributed by atoms with Crippen LogP contribution in [0.4, 0.5) is 5.69 Å². The van der Waals surface area contributed by atoms with Crippen molar-refractivity contribution in [1.29, 1.82) is 0 Å². The molecule has 0 bridgehead atoms. The van der Waals surface area contributed by atoms with E-state index in [2.05, 4.69) is 9.13 Å². The van der Waals surface area contributed by atoms with Crippen molar-refractivity contribution in [3.63, 3.8) is 0 Å². The maximum absolute atomic E-state index is 12.8. The molecule has 2 rings (SSSR count). The minimum Gasteiger partial charge on any atom is -0.497 e. The first kappa shape index (κ1) is 22.6. The van der Waals surface area contributed by atoms with Crippen LogP contribution in [0.2, 0.25) is 0 Å². The van der Waals surface area contributed by atoms with E-state index in [1.165, 1.54) is 36.3 Å². The monoisotopic (exact) mass is 437 g/mol. The molecular weight excluding hydrogens is 418 g/mol. The molecule has 0 unspecified atom stereocenters. The topological polar surface area (TPSA) is 138 Å². The van der Waals surface area contributed by atoms with Gasteiger partial charge in [-0.15, -0.1) is 4.40 Å². The highest BCUT2D eigenvalue weighted by atomic mass is 32.2. The molecule has 0 aliphatic rings. The van der Waals surface area contributed by atoms with Crippen LogP contribution < -0.4 is 9.47 Å². The molecular formula is C18H19N3O8S. The van der Waals surface area contributed by atoms with Crippen molar-refractivity contribution in [3.8, 4) is 17.2 Å². The zero-order chi connectivity index (χ0) is 22.5. The van der Waals surface area contributed by atoms with Crippen molar-refractivity contribution in [2.24, 2.45) is 4.40 Å². The van der Waals surface area contributed by atoms with Gasteiger partial charge in [0.25, 0.3) is 10.0 Å². The largest absolute Gasteiger partial charge is 0.497 e. The summed E-state index contributed by atoms with van der Waals surface area (Å²) in [5, 5.41) is 11.6. The number of nitro groups is 1. The Bertz CT molecular complexity index is 1080. The number of nitro benzene ring substituents is 1. The van der Waals surface area contributed by atoms with Crippen LogP contribution >= 0.6 is 0 Å². The summed E-state index contributed by atoms with van der Waals surface area (Å²) in [7, 11) is 1.13. The van der Waals surface area contributed by atoms with Crippen molar-refractivity contribution in [2.75, 3.05) is 28.3 Å². The zero-order valence-electron chi connectivity index (χ0n) is 16.6. The van der Waals surface area contributed by atoms with E-state index in [9.17, 15) is 23.3 Å². The second kappa shape index (κ2) is 9.22. The van der Waals surface area contributed by atoms with Crippen LogP contribution in [-0.2, 0) is 14.8 Å². The van der Waals surface area contributed by atoms with Crippen LogP contribution in [0.3, 0.4) is 0 Å². The van der Waals surface area contributed by atoms with E-state index in [0.717, 1.165) is 25.6 Å². The number of hydrogen-bond donors (Lipinski definition) is 0. The number of ether oxygens (including phenoxy) is 3. The van der Waals surface area contributed by atoms with Gasteiger partial charge in [0.2, 0.25) is 5.75 Å². The number of hydrogen-bond acceptors (Lipinski definition) is 8. The molecule has 0 amide bonds. The standard InChI is InChI=1S/C18H19N3O8S/c1-20(2)11-19-30(25,26)16-10-12(18(22)28-4)9-15(21(23)24)17(16)29-14-7-5-13(27-3)6-8-14/h5-11H,1-4H3. The fraction of sp³-hybridized carbons (Fsp3) is 0.222. The number of methoxy groups -OCH3 is 2. The number of benzene rings is 2. The molecule has 0 atom stereocenters. The van der Waals surface area contributed by atoms with E-state index >= 15 is 0 Å². The van der Waals surface area contributed by atoms with Gasteiger partial charge in [0.1, 0.15) is 22.7 Å². The van der Waals surface area contributed by atoms with E-state index in [0.29, 0.717) is 5.75 Å². The Balaban J connectivity index is 2.75. The first-order valence-corrected chi connectivity index (χ1v) is 9.72. The molecule has 0 aliphatic heterocycles. The Hall–Kier alpha value is -3.67. The van der Waals surface area contributed by atoms with Gasteiger partial charge in [0.15, 0.2) is 0 Å². The second-order valence-corrected chi connectivity index (χ2v) is 7.61. The Labute approximate surface area is 172 Å². The molecule has 160 valence electrons. The molecule has 30 heavy (non-hydrogen) atoms. The van der Waals surface area contributed by atoms with Crippen LogP contribution in [0.1, 0.15) is 10.4 Å². The van der Waals surface area contributed by atoms with E-state index in [4.69, 9.17) is 9.47 Å². The highest BCUT2D eigenvalue weighted by Gasteiger charge is 2.31. The van der Waals surface area contributed by atoms with E-state index in [1.807, 2.05) is 0 Å². The van der Waals surface area contributed by atoms with Gasteiger partial charge in [0.05, 0.1) is 24.7 Å². The Kier molecular flexibility index (Phi) is 6.95. The molecule has 2 aromatic carbocycles. The van der Waals surface area contributed by atoms with Gasteiger partial charge in [-0.25, -0.2) is 4.79 Å². The quantitative estimate of drug-likeness (QED) is 0.200. The summed E-state index contributed by atoms with van der Waals surface area (Å²) < 4.78 is 44.2. The van der Waals surface area contributed by atoms with Crippen LogP contribution in [0.25, 0.3) is 0 Å². The normalized spacial score (nSPS) is 11.2. The average molecular weight is 437 g/mol. The lowest BCUT2D eigenvalue weighted by Crippen LogP contribution is -2.12. The molecule has 0 saturated carbocycles. The lowest BCUT2D eigenvalue weighted by atomic mass is 10.2. The molecule has 0 fully saturated rings. The molecule has 0 radical (unpaired) electrons. The van der Waals surface area contributed by atoms with Crippen molar-refractivity contribution in [2.45, 2.75) is 4.90 Å². The van der Waals surface area contributed by atoms with Crippen molar-refractivity contribution >= 4 is 28.0 Å². The van der Waals surface area contributed by atoms with Gasteiger partial charge in [-0.3, -0.25) is 10.1 Å². The van der Waals surface area contributed by atoms with Crippen molar-refractivity contribution < 1.29 is 32.3 Å². The maximum Gasteiger partial charge on any atom is 0.338 e. The van der Waals surface area contributed by atoms with Crippen LogP contribution in [0.15, 0.2) is 45.7 Å². The third-order valence-electron chi connectivity index (χ3n) is 3.63. The van der Waals surface area contributed by atoms with Crippen LogP contribution in [0.5, 0.6) is 17.2 Å². The molecule has 0 aromatic heterocycles. The van der Waals surface area contributed by atoms with Crippen molar-refractivity contribution in [3.05, 3.63) is 52.1 Å².